The van der Waals surface area contributed by atoms with Gasteiger partial charge in [0.1, 0.15) is 0 Å². The van der Waals surface area contributed by atoms with Crippen molar-refractivity contribution in [1.82, 2.24) is 35.7 Å². The minimum absolute atomic E-state index is 0.176. The van der Waals surface area contributed by atoms with Crippen LogP contribution < -0.4 is 16.0 Å². The standard InChI is InChI=1S/C12H19N.C11H24N2.C11H23N.C11H17N.C8H17NO.C8H17N/c1-10(13-12(2,3)4)11-8-6-5-7-9-11;1-10-5-7-13(9-10)8-6-12-11(2,3)4;1-11(2,3)7-10-12-8-5-4-6-9-12;1-11(2,3)12-9-10-7-5-4-6-8-10;1-8(2,3)9-6-4-5-7-10-9;1-8(2,3)9-6-4-5-7-9/h5-10,13H,1-4H3;10,12H,5-9H2,1-4H3;4-10H2,1-3H3;4-8,12H,9H2,1-3H3;4-7H2,1-3H3;4-7H2,1-3H3. The molecule has 2 atom stereocenters. The number of hydrogen-bond acceptors (Lipinski definition) is 8. The minimum atomic E-state index is 0.176. The van der Waals surface area contributed by atoms with Crippen LogP contribution in [0.4, 0.5) is 0 Å². The van der Waals surface area contributed by atoms with Gasteiger partial charge in [-0.05, 0) is 224 Å². The lowest BCUT2D eigenvalue weighted by Gasteiger charge is -2.36. The van der Waals surface area contributed by atoms with Gasteiger partial charge < -0.3 is 25.8 Å². The Balaban J connectivity index is 0.000000416. The highest BCUT2D eigenvalue weighted by molar-refractivity contribution is 5.18. The van der Waals surface area contributed by atoms with E-state index in [-0.39, 0.29) is 22.2 Å². The van der Waals surface area contributed by atoms with E-state index in [0.29, 0.717) is 17.0 Å². The fourth-order valence-electron chi connectivity index (χ4n) is 8.45. The van der Waals surface area contributed by atoms with E-state index in [9.17, 15) is 0 Å². The van der Waals surface area contributed by atoms with Gasteiger partial charge in [0.15, 0.2) is 0 Å². The van der Waals surface area contributed by atoms with Crippen LogP contribution in [0.1, 0.15) is 213 Å². The van der Waals surface area contributed by atoms with Gasteiger partial charge in [0, 0.05) is 66.5 Å². The van der Waals surface area contributed by atoms with Gasteiger partial charge in [0.05, 0.1) is 6.61 Å². The van der Waals surface area contributed by atoms with E-state index >= 15 is 0 Å². The van der Waals surface area contributed by atoms with Crippen molar-refractivity contribution < 1.29 is 4.84 Å². The summed E-state index contributed by atoms with van der Waals surface area (Å²) < 4.78 is 0. The summed E-state index contributed by atoms with van der Waals surface area (Å²) in [6, 6.07) is 21.4. The number of benzene rings is 2. The molecule has 4 heterocycles. The molecule has 8 heteroatoms. The molecule has 0 saturated carbocycles. The Hall–Kier alpha value is -1.88. The first-order valence-corrected chi connectivity index (χ1v) is 27.8. The summed E-state index contributed by atoms with van der Waals surface area (Å²) in [5.74, 6) is 0.912. The molecule has 0 amide bonds. The SMILES string of the molecule is CC(C)(C)CCN1CCCCC1.CC(C)(C)N1CCCC1.CC(C)(C)N1CCCCO1.CC(C)(C)NCc1ccccc1.CC(NC(C)(C)C)c1ccccc1.CC1CCN(CCNC(C)(C)C)C1. The second kappa shape index (κ2) is 32.3. The Morgan fingerprint density at radius 2 is 1.07 bits per heavy atom. The summed E-state index contributed by atoms with van der Waals surface area (Å²) in [6.07, 6.45) is 12.3. The zero-order chi connectivity index (χ0) is 52.4. The fourth-order valence-corrected chi connectivity index (χ4v) is 8.45. The van der Waals surface area contributed by atoms with E-state index in [1.54, 1.807) is 0 Å². The molecule has 0 aliphatic carbocycles. The number of rotatable bonds is 9. The van der Waals surface area contributed by atoms with Crippen molar-refractivity contribution in [2.75, 3.05) is 72.1 Å². The third kappa shape index (κ3) is 36.7. The van der Waals surface area contributed by atoms with Crippen LogP contribution in [0, 0.1) is 11.3 Å². The smallest absolute Gasteiger partial charge is 0.0685 e. The van der Waals surface area contributed by atoms with Crippen molar-refractivity contribution in [2.45, 2.75) is 237 Å². The van der Waals surface area contributed by atoms with Crippen molar-refractivity contribution in [3.05, 3.63) is 71.8 Å². The quantitative estimate of drug-likeness (QED) is 0.230. The van der Waals surface area contributed by atoms with Crippen molar-refractivity contribution in [3.63, 3.8) is 0 Å². The van der Waals surface area contributed by atoms with Crippen LogP contribution in [-0.2, 0) is 11.4 Å². The number of piperidine rings is 1. The predicted molar refractivity (Wildman–Crippen MR) is 305 cm³/mol. The summed E-state index contributed by atoms with van der Waals surface area (Å²) >= 11 is 0. The van der Waals surface area contributed by atoms with E-state index in [1.807, 2.05) is 12.1 Å². The molecule has 0 aromatic heterocycles. The van der Waals surface area contributed by atoms with Crippen molar-refractivity contribution in [3.8, 4) is 0 Å². The monoisotopic (exact) mass is 964 g/mol. The second-order valence-electron chi connectivity index (χ2n) is 26.9. The second-order valence-corrected chi connectivity index (χ2v) is 26.9. The van der Waals surface area contributed by atoms with E-state index in [4.69, 9.17) is 4.84 Å². The van der Waals surface area contributed by atoms with Crippen LogP contribution >= 0.6 is 0 Å². The summed E-state index contributed by atoms with van der Waals surface area (Å²) in [5.41, 5.74) is 4.44. The van der Waals surface area contributed by atoms with E-state index in [0.717, 1.165) is 32.2 Å². The van der Waals surface area contributed by atoms with Crippen LogP contribution in [0.5, 0.6) is 0 Å². The van der Waals surface area contributed by atoms with Crippen molar-refractivity contribution in [1.29, 1.82) is 0 Å². The highest BCUT2D eigenvalue weighted by Crippen LogP contribution is 2.22. The number of likely N-dealkylation sites (tertiary alicyclic amines) is 3. The average Bonchev–Trinajstić information content (AvgIpc) is 3.96. The van der Waals surface area contributed by atoms with Crippen LogP contribution in [0.15, 0.2) is 60.7 Å². The van der Waals surface area contributed by atoms with E-state index in [2.05, 4.69) is 223 Å². The Morgan fingerprint density at radius 3 is 1.48 bits per heavy atom. The maximum atomic E-state index is 5.48. The highest BCUT2D eigenvalue weighted by Gasteiger charge is 2.25. The maximum absolute atomic E-state index is 5.48. The van der Waals surface area contributed by atoms with Crippen molar-refractivity contribution in [2.24, 2.45) is 11.3 Å². The first kappa shape index (κ1) is 65.1. The van der Waals surface area contributed by atoms with Crippen LogP contribution in [-0.4, -0.2) is 120 Å². The third-order valence-electron chi connectivity index (χ3n) is 12.6. The molecule has 2 aromatic rings. The fraction of sp³-hybridized carbons (Fsp3) is 0.803. The Morgan fingerprint density at radius 1 is 0.551 bits per heavy atom. The molecular weight excluding hydrogens is 847 g/mol. The molecular formula is C61H117N7O. The molecule has 3 N–H and O–H groups in total. The zero-order valence-electron chi connectivity index (χ0n) is 49.5. The van der Waals surface area contributed by atoms with E-state index in [1.165, 1.54) is 121 Å². The van der Waals surface area contributed by atoms with Gasteiger partial charge in [-0.1, -0.05) is 94.8 Å². The molecule has 8 nitrogen and oxygen atoms in total. The largest absolute Gasteiger partial charge is 0.311 e. The van der Waals surface area contributed by atoms with Crippen LogP contribution in [0.25, 0.3) is 0 Å². The number of nitrogens with one attached hydrogen (secondary N) is 3. The van der Waals surface area contributed by atoms with Gasteiger partial charge in [-0.15, -0.1) is 0 Å². The highest BCUT2D eigenvalue weighted by atomic mass is 16.7. The molecule has 0 bridgehead atoms. The van der Waals surface area contributed by atoms with Crippen LogP contribution in [0.3, 0.4) is 0 Å². The Kier molecular flexibility index (Phi) is 30.5. The lowest BCUT2D eigenvalue weighted by Crippen LogP contribution is -2.44. The normalized spacial score (nSPS) is 19.5. The van der Waals surface area contributed by atoms with Gasteiger partial charge in [-0.3, -0.25) is 9.74 Å². The first-order chi connectivity index (χ1) is 31.8. The Labute approximate surface area is 430 Å². The number of hydrogen-bond donors (Lipinski definition) is 3. The number of nitrogens with zero attached hydrogens (tertiary/aromatic N) is 4. The lowest BCUT2D eigenvalue weighted by molar-refractivity contribution is -0.227. The summed E-state index contributed by atoms with van der Waals surface area (Å²) in [6.45, 7) is 59.2. The molecule has 2 aromatic carbocycles. The van der Waals surface area contributed by atoms with Crippen LogP contribution in [0.2, 0.25) is 0 Å². The van der Waals surface area contributed by atoms with Gasteiger partial charge in [0.2, 0.25) is 0 Å². The molecule has 0 radical (unpaired) electrons. The average molecular weight is 965 g/mol. The molecule has 0 spiro atoms. The molecule has 6 rings (SSSR count). The summed E-state index contributed by atoms with van der Waals surface area (Å²) in [5, 5.41) is 12.6. The maximum Gasteiger partial charge on any atom is 0.0685 e. The summed E-state index contributed by atoms with van der Waals surface area (Å²) in [4.78, 5) is 13.2. The van der Waals surface area contributed by atoms with Gasteiger partial charge in [0.25, 0.3) is 0 Å². The molecule has 4 fully saturated rings. The number of hydroxylamine groups is 2. The minimum Gasteiger partial charge on any atom is -0.311 e. The molecule has 69 heavy (non-hydrogen) atoms. The predicted octanol–water partition coefficient (Wildman–Crippen LogP) is 14.0. The first-order valence-electron chi connectivity index (χ1n) is 27.8. The zero-order valence-corrected chi connectivity index (χ0v) is 49.5. The van der Waals surface area contributed by atoms with Crippen molar-refractivity contribution >= 4 is 0 Å². The summed E-state index contributed by atoms with van der Waals surface area (Å²) in [7, 11) is 0. The third-order valence-corrected chi connectivity index (χ3v) is 12.6. The van der Waals surface area contributed by atoms with Gasteiger partial charge >= 0.3 is 0 Å². The molecule has 402 valence electrons. The topological polar surface area (TPSA) is 58.3 Å². The molecule has 2 unspecified atom stereocenters. The lowest BCUT2D eigenvalue weighted by atomic mass is 9.92. The Bertz CT molecular complexity index is 1510. The van der Waals surface area contributed by atoms with Gasteiger partial charge in [-0.2, -0.15) is 5.06 Å². The van der Waals surface area contributed by atoms with E-state index < -0.39 is 0 Å². The molecule has 4 saturated heterocycles. The van der Waals surface area contributed by atoms with Gasteiger partial charge in [-0.25, -0.2) is 0 Å². The molecule has 4 aliphatic heterocycles. The molecule has 4 aliphatic rings.